The van der Waals surface area contributed by atoms with E-state index in [2.05, 4.69) is 23.5 Å². The highest BCUT2D eigenvalue weighted by Crippen LogP contribution is 2.29. The van der Waals surface area contributed by atoms with E-state index in [0.717, 1.165) is 29.2 Å². The third-order valence-electron chi connectivity index (χ3n) is 3.55. The first-order chi connectivity index (χ1) is 9.29. The first-order valence-electron chi connectivity index (χ1n) is 6.61. The molecule has 0 radical (unpaired) electrons. The summed E-state index contributed by atoms with van der Waals surface area (Å²) in [5.41, 5.74) is 0.997. The van der Waals surface area contributed by atoms with Gasteiger partial charge in [-0.1, -0.05) is 42.5 Å². The molecular weight excluding hydrogens is 238 g/mol. The Balaban J connectivity index is 2.05. The van der Waals surface area contributed by atoms with Gasteiger partial charge >= 0.3 is 5.97 Å². The summed E-state index contributed by atoms with van der Waals surface area (Å²) in [7, 11) is 1.44. The molecule has 1 saturated carbocycles. The summed E-state index contributed by atoms with van der Waals surface area (Å²) in [6.45, 7) is 0. The highest BCUT2D eigenvalue weighted by molar-refractivity contribution is 5.91. The van der Waals surface area contributed by atoms with E-state index in [9.17, 15) is 4.79 Å². The topological polar surface area (TPSA) is 38.3 Å². The zero-order chi connectivity index (χ0) is 13.2. The van der Waals surface area contributed by atoms with Crippen LogP contribution in [0.5, 0.6) is 0 Å². The van der Waals surface area contributed by atoms with Gasteiger partial charge in [-0.25, -0.2) is 4.79 Å². The molecule has 0 aliphatic heterocycles. The van der Waals surface area contributed by atoms with E-state index in [1.54, 1.807) is 0 Å². The third-order valence-corrected chi connectivity index (χ3v) is 3.55. The van der Waals surface area contributed by atoms with Gasteiger partial charge in [-0.15, -0.1) is 0 Å². The van der Waals surface area contributed by atoms with Crippen LogP contribution in [-0.2, 0) is 9.53 Å². The molecule has 1 aliphatic rings. The number of carbonyl (C=O) groups is 1. The van der Waals surface area contributed by atoms with Crippen molar-refractivity contribution >= 4 is 16.7 Å². The van der Waals surface area contributed by atoms with Gasteiger partial charge in [0.05, 0.1) is 7.11 Å². The lowest BCUT2D eigenvalue weighted by Crippen LogP contribution is -2.31. The van der Waals surface area contributed by atoms with Crippen molar-refractivity contribution in [3.63, 3.8) is 0 Å². The minimum atomic E-state index is -0.372. The van der Waals surface area contributed by atoms with Gasteiger partial charge in [0, 0.05) is 6.04 Å². The minimum absolute atomic E-state index is 0.219. The normalized spacial score (nSPS) is 16.3. The predicted molar refractivity (Wildman–Crippen MR) is 74.9 cm³/mol. The Kier molecular flexibility index (Phi) is 3.22. The monoisotopic (exact) mass is 255 g/mol. The van der Waals surface area contributed by atoms with Crippen molar-refractivity contribution in [1.29, 1.82) is 0 Å². The Morgan fingerprint density at radius 2 is 1.95 bits per heavy atom. The predicted octanol–water partition coefficient (Wildman–Crippen LogP) is 2.81. The molecule has 2 aromatic carbocycles. The summed E-state index contributed by atoms with van der Waals surface area (Å²) in [6, 6.07) is 14.2. The van der Waals surface area contributed by atoms with Crippen LogP contribution in [-0.4, -0.2) is 19.1 Å². The molecular formula is C16H17NO2. The van der Waals surface area contributed by atoms with Crippen LogP contribution in [0.2, 0.25) is 0 Å². The van der Waals surface area contributed by atoms with Gasteiger partial charge in [0.2, 0.25) is 0 Å². The third kappa shape index (κ3) is 2.47. The smallest absolute Gasteiger partial charge is 0.327 e. The largest absolute Gasteiger partial charge is 0.468 e. The average molecular weight is 255 g/mol. The lowest BCUT2D eigenvalue weighted by atomic mass is 9.98. The molecule has 0 spiro atoms. The lowest BCUT2D eigenvalue weighted by Gasteiger charge is -2.18. The number of benzene rings is 2. The molecule has 2 aromatic rings. The van der Waals surface area contributed by atoms with Crippen molar-refractivity contribution in [2.24, 2.45) is 0 Å². The van der Waals surface area contributed by atoms with Crippen molar-refractivity contribution < 1.29 is 9.53 Å². The van der Waals surface area contributed by atoms with Crippen molar-refractivity contribution in [2.45, 2.75) is 24.9 Å². The average Bonchev–Trinajstić information content (AvgIpc) is 3.27. The van der Waals surface area contributed by atoms with Crippen molar-refractivity contribution in [3.8, 4) is 0 Å². The van der Waals surface area contributed by atoms with Crippen molar-refractivity contribution in [2.75, 3.05) is 7.11 Å². The Morgan fingerprint density at radius 1 is 1.21 bits per heavy atom. The standard InChI is InChI=1S/C16H17NO2/c1-19-16(18)15(17-12-9-10-12)14-8-4-6-11-5-2-3-7-13(11)14/h2-8,12,15,17H,9-10H2,1H3. The van der Waals surface area contributed by atoms with E-state index >= 15 is 0 Å². The fourth-order valence-corrected chi connectivity index (χ4v) is 2.39. The van der Waals surface area contributed by atoms with E-state index in [4.69, 9.17) is 4.74 Å². The number of nitrogens with one attached hydrogen (secondary N) is 1. The summed E-state index contributed by atoms with van der Waals surface area (Å²) in [5, 5.41) is 5.63. The van der Waals surface area contributed by atoms with E-state index in [0.29, 0.717) is 6.04 Å². The van der Waals surface area contributed by atoms with E-state index in [1.165, 1.54) is 7.11 Å². The molecule has 1 unspecified atom stereocenters. The summed E-state index contributed by atoms with van der Waals surface area (Å²) in [4.78, 5) is 12.0. The maximum Gasteiger partial charge on any atom is 0.327 e. The Hall–Kier alpha value is -1.87. The molecule has 1 fully saturated rings. The second-order valence-corrected chi connectivity index (χ2v) is 4.97. The first-order valence-corrected chi connectivity index (χ1v) is 6.61. The highest BCUT2D eigenvalue weighted by Gasteiger charge is 2.30. The van der Waals surface area contributed by atoms with Crippen LogP contribution in [0.25, 0.3) is 10.8 Å². The molecule has 0 bridgehead atoms. The molecule has 98 valence electrons. The fraction of sp³-hybridized carbons (Fsp3) is 0.312. The molecule has 0 heterocycles. The molecule has 19 heavy (non-hydrogen) atoms. The Bertz CT molecular complexity index is 599. The van der Waals surface area contributed by atoms with Gasteiger partial charge < -0.3 is 4.74 Å². The van der Waals surface area contributed by atoms with Crippen LogP contribution in [0.4, 0.5) is 0 Å². The van der Waals surface area contributed by atoms with Crippen molar-refractivity contribution in [1.82, 2.24) is 5.32 Å². The van der Waals surface area contributed by atoms with Gasteiger partial charge in [0.15, 0.2) is 0 Å². The molecule has 1 N–H and O–H groups in total. The maximum atomic E-state index is 12.0. The molecule has 3 rings (SSSR count). The van der Waals surface area contributed by atoms with Crippen LogP contribution in [0.15, 0.2) is 42.5 Å². The molecule has 0 aromatic heterocycles. The highest BCUT2D eigenvalue weighted by atomic mass is 16.5. The molecule has 3 heteroatoms. The number of hydrogen-bond donors (Lipinski definition) is 1. The Morgan fingerprint density at radius 3 is 2.68 bits per heavy atom. The quantitative estimate of drug-likeness (QED) is 0.854. The molecule has 1 aliphatic carbocycles. The van der Waals surface area contributed by atoms with E-state index < -0.39 is 0 Å². The summed E-state index contributed by atoms with van der Waals surface area (Å²) in [5.74, 6) is -0.219. The first kappa shape index (κ1) is 12.2. The second-order valence-electron chi connectivity index (χ2n) is 4.97. The fourth-order valence-electron chi connectivity index (χ4n) is 2.39. The van der Waals surface area contributed by atoms with Crippen LogP contribution in [0, 0.1) is 0 Å². The number of hydrogen-bond acceptors (Lipinski definition) is 3. The zero-order valence-corrected chi connectivity index (χ0v) is 10.9. The van der Waals surface area contributed by atoms with Crippen LogP contribution < -0.4 is 5.32 Å². The van der Waals surface area contributed by atoms with Gasteiger partial charge in [-0.2, -0.15) is 0 Å². The van der Waals surface area contributed by atoms with Gasteiger partial charge in [0.1, 0.15) is 6.04 Å². The van der Waals surface area contributed by atoms with Crippen molar-refractivity contribution in [3.05, 3.63) is 48.0 Å². The molecule has 0 amide bonds. The number of methoxy groups -OCH3 is 1. The number of carbonyl (C=O) groups excluding carboxylic acids is 1. The van der Waals surface area contributed by atoms with Crippen LogP contribution >= 0.6 is 0 Å². The van der Waals surface area contributed by atoms with Gasteiger partial charge in [0.25, 0.3) is 0 Å². The SMILES string of the molecule is COC(=O)C(NC1CC1)c1cccc2ccccc12. The summed E-state index contributed by atoms with van der Waals surface area (Å²) >= 11 is 0. The van der Waals surface area contributed by atoms with E-state index in [-0.39, 0.29) is 12.0 Å². The van der Waals surface area contributed by atoms with E-state index in [1.807, 2.05) is 24.3 Å². The maximum absolute atomic E-state index is 12.0. The number of esters is 1. The second kappa shape index (κ2) is 5.02. The summed E-state index contributed by atoms with van der Waals surface area (Å²) < 4.78 is 4.94. The minimum Gasteiger partial charge on any atom is -0.468 e. The molecule has 3 nitrogen and oxygen atoms in total. The molecule has 0 saturated heterocycles. The van der Waals surface area contributed by atoms with Crippen LogP contribution in [0.1, 0.15) is 24.4 Å². The summed E-state index contributed by atoms with van der Waals surface area (Å²) in [6.07, 6.45) is 2.27. The molecule has 1 atom stereocenters. The van der Waals surface area contributed by atoms with Crippen LogP contribution in [0.3, 0.4) is 0 Å². The number of rotatable bonds is 4. The number of ether oxygens (including phenoxy) is 1. The number of fused-ring (bicyclic) bond motifs is 1. The van der Waals surface area contributed by atoms with Gasteiger partial charge in [-0.05, 0) is 29.2 Å². The Labute approximate surface area is 112 Å². The zero-order valence-electron chi connectivity index (χ0n) is 10.9. The van der Waals surface area contributed by atoms with Gasteiger partial charge in [-0.3, -0.25) is 5.32 Å². The lowest BCUT2D eigenvalue weighted by molar-refractivity contribution is -0.143.